The van der Waals surface area contributed by atoms with Crippen molar-refractivity contribution in [2.45, 2.75) is 76.3 Å². The minimum atomic E-state index is -0.235. The first-order valence-electron chi connectivity index (χ1n) is 7.72. The lowest BCUT2D eigenvalue weighted by atomic mass is 9.88. The molecule has 0 aromatic heterocycles. The van der Waals surface area contributed by atoms with Gasteiger partial charge in [-0.15, -0.1) is 0 Å². The van der Waals surface area contributed by atoms with Crippen molar-refractivity contribution in [3.8, 4) is 0 Å². The highest BCUT2D eigenvalue weighted by atomic mass is 16.2. The van der Waals surface area contributed by atoms with Crippen LogP contribution in [0.25, 0.3) is 0 Å². The monoisotopic (exact) mass is 252 g/mol. The second-order valence-corrected chi connectivity index (χ2v) is 6.07. The van der Waals surface area contributed by atoms with Crippen molar-refractivity contribution in [3.63, 3.8) is 0 Å². The zero-order valence-corrected chi connectivity index (χ0v) is 12.0. The molecule has 1 aliphatic heterocycles. The molecule has 1 amide bonds. The van der Waals surface area contributed by atoms with Crippen LogP contribution in [-0.2, 0) is 4.79 Å². The first-order valence-corrected chi connectivity index (χ1v) is 7.72. The molecular weight excluding hydrogens is 224 g/mol. The molecular formula is C15H28N2O. The van der Waals surface area contributed by atoms with Gasteiger partial charge in [0.05, 0.1) is 5.54 Å². The van der Waals surface area contributed by atoms with Crippen molar-refractivity contribution in [3.05, 3.63) is 0 Å². The van der Waals surface area contributed by atoms with Crippen LogP contribution in [-0.4, -0.2) is 36.0 Å². The molecule has 2 aliphatic rings. The van der Waals surface area contributed by atoms with E-state index in [1.165, 1.54) is 32.1 Å². The molecule has 1 saturated carbocycles. The fraction of sp³-hybridized carbons (Fsp3) is 0.933. The quantitative estimate of drug-likeness (QED) is 0.834. The average Bonchev–Trinajstić information content (AvgIpc) is 2.88. The van der Waals surface area contributed by atoms with E-state index in [1.807, 2.05) is 7.05 Å². The van der Waals surface area contributed by atoms with Crippen molar-refractivity contribution in [2.75, 3.05) is 13.6 Å². The Balaban J connectivity index is 2.03. The first kappa shape index (κ1) is 13.9. The van der Waals surface area contributed by atoms with E-state index in [4.69, 9.17) is 0 Å². The molecule has 1 unspecified atom stereocenters. The number of nitrogens with one attached hydrogen (secondary N) is 1. The van der Waals surface area contributed by atoms with Crippen LogP contribution in [0.2, 0.25) is 0 Å². The van der Waals surface area contributed by atoms with Gasteiger partial charge >= 0.3 is 0 Å². The van der Waals surface area contributed by atoms with Gasteiger partial charge < -0.3 is 10.2 Å². The molecule has 0 radical (unpaired) electrons. The molecule has 1 saturated heterocycles. The van der Waals surface area contributed by atoms with Crippen molar-refractivity contribution < 1.29 is 4.79 Å². The van der Waals surface area contributed by atoms with Crippen LogP contribution in [0.4, 0.5) is 0 Å². The van der Waals surface area contributed by atoms with E-state index >= 15 is 0 Å². The van der Waals surface area contributed by atoms with Crippen molar-refractivity contribution in [1.29, 1.82) is 0 Å². The highest BCUT2D eigenvalue weighted by Gasteiger charge is 2.42. The normalized spacial score (nSPS) is 29.4. The highest BCUT2D eigenvalue weighted by molar-refractivity contribution is 5.86. The number of amides is 1. The third-order valence-electron chi connectivity index (χ3n) is 4.77. The van der Waals surface area contributed by atoms with Gasteiger partial charge in [0.2, 0.25) is 5.91 Å². The minimum Gasteiger partial charge on any atom is -0.341 e. The number of hydrogen-bond donors (Lipinski definition) is 1. The molecule has 0 aromatic rings. The van der Waals surface area contributed by atoms with E-state index in [2.05, 4.69) is 17.1 Å². The Hall–Kier alpha value is -0.570. The number of likely N-dealkylation sites (N-methyl/N-ethyl adjacent to an activating group) is 1. The second-order valence-electron chi connectivity index (χ2n) is 6.07. The predicted molar refractivity (Wildman–Crippen MR) is 74.5 cm³/mol. The third kappa shape index (κ3) is 2.71. The summed E-state index contributed by atoms with van der Waals surface area (Å²) in [5, 5.41) is 3.50. The van der Waals surface area contributed by atoms with Crippen molar-refractivity contribution in [1.82, 2.24) is 10.2 Å². The van der Waals surface area contributed by atoms with E-state index in [1.54, 1.807) is 0 Å². The molecule has 2 fully saturated rings. The molecule has 104 valence electrons. The number of carbonyl (C=O) groups is 1. The molecule has 18 heavy (non-hydrogen) atoms. The maximum atomic E-state index is 12.8. The molecule has 0 bridgehead atoms. The maximum absolute atomic E-state index is 12.8. The molecule has 0 aromatic carbocycles. The van der Waals surface area contributed by atoms with Crippen LogP contribution in [0, 0.1) is 0 Å². The Morgan fingerprint density at radius 2 is 2.00 bits per heavy atom. The number of nitrogens with zero attached hydrogens (tertiary/aromatic N) is 1. The molecule has 0 spiro atoms. The lowest BCUT2D eigenvalue weighted by Crippen LogP contribution is -2.56. The third-order valence-corrected chi connectivity index (χ3v) is 4.77. The largest absolute Gasteiger partial charge is 0.341 e. The van der Waals surface area contributed by atoms with E-state index in [9.17, 15) is 4.79 Å². The number of hydrogen-bond acceptors (Lipinski definition) is 2. The summed E-state index contributed by atoms with van der Waals surface area (Å²) in [7, 11) is 2.02. The Morgan fingerprint density at radius 1 is 1.28 bits per heavy atom. The summed E-state index contributed by atoms with van der Waals surface area (Å²) in [5.41, 5.74) is -0.235. The van der Waals surface area contributed by atoms with Gasteiger partial charge in [-0.3, -0.25) is 4.79 Å². The lowest BCUT2D eigenvalue weighted by Gasteiger charge is -2.38. The van der Waals surface area contributed by atoms with E-state index in [0.717, 1.165) is 32.2 Å². The van der Waals surface area contributed by atoms with Crippen LogP contribution in [0.3, 0.4) is 0 Å². The van der Waals surface area contributed by atoms with Crippen molar-refractivity contribution >= 4 is 5.91 Å². The summed E-state index contributed by atoms with van der Waals surface area (Å²) < 4.78 is 0. The first-order chi connectivity index (χ1) is 8.69. The number of rotatable bonds is 4. The summed E-state index contributed by atoms with van der Waals surface area (Å²) in [6, 6.07) is 0.488. The van der Waals surface area contributed by atoms with Gasteiger partial charge in [-0.25, -0.2) is 0 Å². The van der Waals surface area contributed by atoms with Crippen LogP contribution in [0.5, 0.6) is 0 Å². The van der Waals surface area contributed by atoms with Gasteiger partial charge in [0.25, 0.3) is 0 Å². The molecule has 3 heteroatoms. The zero-order chi connectivity index (χ0) is 13.0. The summed E-state index contributed by atoms with van der Waals surface area (Å²) in [4.78, 5) is 14.9. The molecule has 1 atom stereocenters. The smallest absolute Gasteiger partial charge is 0.242 e. The van der Waals surface area contributed by atoms with Crippen LogP contribution < -0.4 is 5.32 Å². The second kappa shape index (κ2) is 6.05. The summed E-state index contributed by atoms with van der Waals surface area (Å²) in [6.07, 6.45) is 10.6. The molecule has 1 heterocycles. The SMILES string of the molecule is CCCC1(C(=O)N(C)C2CCCCC2)CCCN1. The molecule has 3 nitrogen and oxygen atoms in total. The predicted octanol–water partition coefficient (Wildman–Crippen LogP) is 2.70. The summed E-state index contributed by atoms with van der Waals surface area (Å²) in [6.45, 7) is 3.18. The van der Waals surface area contributed by atoms with Gasteiger partial charge in [0, 0.05) is 13.1 Å². The fourth-order valence-corrected chi connectivity index (χ4v) is 3.71. The van der Waals surface area contributed by atoms with Crippen LogP contribution in [0.1, 0.15) is 64.7 Å². The maximum Gasteiger partial charge on any atom is 0.242 e. The standard InChI is InChI=1S/C15H28N2O/c1-3-10-15(11-7-12-16-15)14(18)17(2)13-8-5-4-6-9-13/h13,16H,3-12H2,1-2H3. The summed E-state index contributed by atoms with van der Waals surface area (Å²) in [5.74, 6) is 0.355. The van der Waals surface area contributed by atoms with Gasteiger partial charge in [0.1, 0.15) is 0 Å². The molecule has 2 rings (SSSR count). The van der Waals surface area contributed by atoms with Crippen molar-refractivity contribution in [2.24, 2.45) is 0 Å². The van der Waals surface area contributed by atoms with Gasteiger partial charge in [-0.2, -0.15) is 0 Å². The minimum absolute atomic E-state index is 0.235. The zero-order valence-electron chi connectivity index (χ0n) is 12.0. The molecule has 1 N–H and O–H groups in total. The Kier molecular flexibility index (Phi) is 4.66. The molecule has 1 aliphatic carbocycles. The van der Waals surface area contributed by atoms with Gasteiger partial charge in [-0.05, 0) is 38.6 Å². The van der Waals surface area contributed by atoms with Gasteiger partial charge in [0.15, 0.2) is 0 Å². The van der Waals surface area contributed by atoms with Crippen LogP contribution >= 0.6 is 0 Å². The Bertz CT molecular complexity index is 278. The number of carbonyl (C=O) groups excluding carboxylic acids is 1. The fourth-order valence-electron chi connectivity index (χ4n) is 3.71. The average molecular weight is 252 g/mol. The van der Waals surface area contributed by atoms with E-state index in [0.29, 0.717) is 11.9 Å². The Morgan fingerprint density at radius 3 is 2.56 bits per heavy atom. The highest BCUT2D eigenvalue weighted by Crippen LogP contribution is 2.30. The van der Waals surface area contributed by atoms with Crippen LogP contribution in [0.15, 0.2) is 0 Å². The topological polar surface area (TPSA) is 32.3 Å². The van der Waals surface area contributed by atoms with E-state index < -0.39 is 0 Å². The lowest BCUT2D eigenvalue weighted by molar-refractivity contribution is -0.139. The Labute approximate surface area is 111 Å². The summed E-state index contributed by atoms with van der Waals surface area (Å²) >= 11 is 0. The van der Waals surface area contributed by atoms with E-state index in [-0.39, 0.29) is 5.54 Å². The van der Waals surface area contributed by atoms with Gasteiger partial charge in [-0.1, -0.05) is 32.6 Å².